The smallest absolute Gasteiger partial charge is 0.475 e. The van der Waals surface area contributed by atoms with Crippen LogP contribution < -0.4 is 5.32 Å². The minimum absolute atomic E-state index is 0.0832. The molecule has 1 aromatic heterocycles. The van der Waals surface area contributed by atoms with Gasteiger partial charge >= 0.3 is 12.1 Å². The van der Waals surface area contributed by atoms with Crippen LogP contribution in [-0.4, -0.2) is 57.5 Å². The number of alkyl halides is 3. The first-order chi connectivity index (χ1) is 16.2. The molecule has 1 unspecified atom stereocenters. The molecule has 2 aliphatic rings. The SMILES string of the molecule is O=C(Nc1ccnn1C1CCN(CC2CC=CCC2)CC1)c1ccccc1.O=C(O)C(F)(F)F. The van der Waals surface area contributed by atoms with Gasteiger partial charge in [0, 0.05) is 31.3 Å². The molecule has 184 valence electrons. The molecule has 1 atom stereocenters. The van der Waals surface area contributed by atoms with Gasteiger partial charge in [-0.2, -0.15) is 18.3 Å². The lowest BCUT2D eigenvalue weighted by molar-refractivity contribution is -0.192. The van der Waals surface area contributed by atoms with Crippen LogP contribution in [0, 0.1) is 5.92 Å². The first kappa shape index (κ1) is 25.5. The molecule has 10 heteroatoms. The number of carbonyl (C=O) groups is 2. The number of piperidine rings is 1. The van der Waals surface area contributed by atoms with Gasteiger partial charge in [0.05, 0.1) is 12.2 Å². The molecule has 2 heterocycles. The Hall–Kier alpha value is -3.14. The fourth-order valence-corrected chi connectivity index (χ4v) is 4.22. The van der Waals surface area contributed by atoms with Crippen molar-refractivity contribution in [3.63, 3.8) is 0 Å². The number of hydrogen-bond acceptors (Lipinski definition) is 4. The lowest BCUT2D eigenvalue weighted by atomic mass is 9.93. The molecular weight excluding hydrogens is 449 g/mol. The predicted octanol–water partition coefficient (Wildman–Crippen LogP) is 4.76. The highest BCUT2D eigenvalue weighted by Gasteiger charge is 2.38. The summed E-state index contributed by atoms with van der Waals surface area (Å²) >= 11 is 0. The maximum absolute atomic E-state index is 12.5. The molecule has 0 bridgehead atoms. The lowest BCUT2D eigenvalue weighted by Gasteiger charge is -2.35. The maximum Gasteiger partial charge on any atom is 0.490 e. The van der Waals surface area contributed by atoms with E-state index in [0.717, 1.165) is 37.7 Å². The zero-order valence-corrected chi connectivity index (χ0v) is 18.7. The van der Waals surface area contributed by atoms with Crippen LogP contribution in [-0.2, 0) is 4.79 Å². The minimum Gasteiger partial charge on any atom is -0.475 e. The number of benzene rings is 1. The van der Waals surface area contributed by atoms with Crippen LogP contribution in [0.5, 0.6) is 0 Å². The third-order valence-corrected chi connectivity index (χ3v) is 5.99. The van der Waals surface area contributed by atoms with Crippen molar-refractivity contribution in [2.75, 3.05) is 25.0 Å². The number of carboxylic acids is 1. The van der Waals surface area contributed by atoms with Gasteiger partial charge < -0.3 is 15.3 Å². The Morgan fingerprint density at radius 2 is 1.74 bits per heavy atom. The Kier molecular flexibility index (Phi) is 8.86. The lowest BCUT2D eigenvalue weighted by Crippen LogP contribution is -2.38. The van der Waals surface area contributed by atoms with Crippen molar-refractivity contribution in [3.05, 3.63) is 60.3 Å². The van der Waals surface area contributed by atoms with Crippen molar-refractivity contribution >= 4 is 17.7 Å². The fraction of sp³-hybridized carbons (Fsp3) is 0.458. The highest BCUT2D eigenvalue weighted by atomic mass is 19.4. The van der Waals surface area contributed by atoms with Gasteiger partial charge in [0.25, 0.3) is 5.91 Å². The molecule has 0 radical (unpaired) electrons. The number of aromatic nitrogens is 2. The van der Waals surface area contributed by atoms with Gasteiger partial charge in [-0.15, -0.1) is 0 Å². The normalized spacial score (nSPS) is 19.2. The Bertz CT molecular complexity index is 967. The average molecular weight is 479 g/mol. The predicted molar refractivity (Wildman–Crippen MR) is 122 cm³/mol. The summed E-state index contributed by atoms with van der Waals surface area (Å²) in [7, 11) is 0. The number of likely N-dealkylation sites (tertiary alicyclic amines) is 1. The van der Waals surface area contributed by atoms with E-state index >= 15 is 0 Å². The Labute approximate surface area is 196 Å². The van der Waals surface area contributed by atoms with Gasteiger partial charge in [-0.1, -0.05) is 30.4 Å². The summed E-state index contributed by atoms with van der Waals surface area (Å²) in [6, 6.07) is 11.6. The number of aliphatic carboxylic acids is 1. The number of anilines is 1. The number of amides is 1. The second kappa shape index (κ2) is 11.8. The van der Waals surface area contributed by atoms with Crippen LogP contribution in [0.4, 0.5) is 19.0 Å². The summed E-state index contributed by atoms with van der Waals surface area (Å²) < 4.78 is 33.7. The molecule has 2 aromatic rings. The number of hydrogen-bond donors (Lipinski definition) is 2. The van der Waals surface area contributed by atoms with Gasteiger partial charge in [-0.3, -0.25) is 4.79 Å². The van der Waals surface area contributed by atoms with E-state index in [9.17, 15) is 18.0 Å². The molecule has 0 saturated carbocycles. The van der Waals surface area contributed by atoms with Crippen LogP contribution in [0.1, 0.15) is 48.5 Å². The number of halogens is 3. The van der Waals surface area contributed by atoms with Gasteiger partial charge in [-0.05, 0) is 50.2 Å². The highest BCUT2D eigenvalue weighted by Crippen LogP contribution is 2.27. The molecule has 7 nitrogen and oxygen atoms in total. The van der Waals surface area contributed by atoms with E-state index in [1.54, 1.807) is 6.20 Å². The third kappa shape index (κ3) is 7.44. The number of carboxylic acid groups (broad SMARTS) is 1. The summed E-state index contributed by atoms with van der Waals surface area (Å²) in [5.41, 5.74) is 0.668. The van der Waals surface area contributed by atoms with Gasteiger partial charge in [0.15, 0.2) is 0 Å². The average Bonchev–Trinajstić information content (AvgIpc) is 3.28. The van der Waals surface area contributed by atoms with Crippen molar-refractivity contribution in [2.24, 2.45) is 5.92 Å². The third-order valence-electron chi connectivity index (χ3n) is 5.99. The number of allylic oxidation sites excluding steroid dienone is 2. The van der Waals surface area contributed by atoms with Crippen LogP contribution in [0.15, 0.2) is 54.7 Å². The number of carbonyl (C=O) groups excluding carboxylic acids is 1. The molecule has 1 saturated heterocycles. The van der Waals surface area contributed by atoms with Crippen molar-refractivity contribution in [1.29, 1.82) is 0 Å². The largest absolute Gasteiger partial charge is 0.490 e. The summed E-state index contributed by atoms with van der Waals surface area (Å²) in [6.07, 6.45) is 7.30. The van der Waals surface area contributed by atoms with Crippen molar-refractivity contribution in [1.82, 2.24) is 14.7 Å². The second-order valence-corrected chi connectivity index (χ2v) is 8.47. The van der Waals surface area contributed by atoms with E-state index < -0.39 is 12.1 Å². The fourth-order valence-electron chi connectivity index (χ4n) is 4.22. The second-order valence-electron chi connectivity index (χ2n) is 8.47. The molecule has 1 aromatic carbocycles. The summed E-state index contributed by atoms with van der Waals surface area (Å²) in [6.45, 7) is 3.43. The number of rotatable bonds is 5. The first-order valence-corrected chi connectivity index (χ1v) is 11.3. The standard InChI is InChI=1S/C22H28N4O.C2HF3O2/c27-22(19-9-5-2-6-10-19)24-21-11-14-23-26(21)20-12-15-25(16-13-20)17-18-7-3-1-4-8-18;3-2(4,5)1(6)7/h1-3,5-6,9-11,14,18,20H,4,7-8,12-13,15-17H2,(H,24,27);(H,6,7). The van der Waals surface area contributed by atoms with E-state index in [2.05, 4.69) is 27.5 Å². The maximum atomic E-state index is 12.5. The van der Waals surface area contributed by atoms with E-state index in [0.29, 0.717) is 11.6 Å². The molecule has 4 rings (SSSR count). The summed E-state index contributed by atoms with van der Waals surface area (Å²) in [4.78, 5) is 24.0. The van der Waals surface area contributed by atoms with Gasteiger partial charge in [0.2, 0.25) is 0 Å². The van der Waals surface area contributed by atoms with Gasteiger partial charge in [0.1, 0.15) is 5.82 Å². The van der Waals surface area contributed by atoms with Crippen LogP contribution in [0.25, 0.3) is 0 Å². The minimum atomic E-state index is -5.08. The molecule has 34 heavy (non-hydrogen) atoms. The van der Waals surface area contributed by atoms with Crippen LogP contribution in [0.2, 0.25) is 0 Å². The molecular formula is C24H29F3N4O3. The van der Waals surface area contributed by atoms with E-state index in [1.807, 2.05) is 41.1 Å². The Morgan fingerprint density at radius 3 is 2.32 bits per heavy atom. The van der Waals surface area contributed by atoms with E-state index in [4.69, 9.17) is 9.90 Å². The number of nitrogens with one attached hydrogen (secondary N) is 1. The van der Waals surface area contributed by atoms with Gasteiger partial charge in [-0.25, -0.2) is 9.48 Å². The monoisotopic (exact) mass is 478 g/mol. The van der Waals surface area contributed by atoms with Crippen molar-refractivity contribution in [2.45, 2.75) is 44.3 Å². The molecule has 1 fully saturated rings. The number of nitrogens with zero attached hydrogens (tertiary/aromatic N) is 3. The zero-order chi connectivity index (χ0) is 24.6. The topological polar surface area (TPSA) is 87.5 Å². The van der Waals surface area contributed by atoms with E-state index in [1.165, 1.54) is 25.8 Å². The molecule has 1 amide bonds. The summed E-state index contributed by atoms with van der Waals surface area (Å²) in [5, 5.41) is 14.6. The van der Waals surface area contributed by atoms with Crippen LogP contribution >= 0.6 is 0 Å². The molecule has 1 aliphatic heterocycles. The molecule has 0 spiro atoms. The zero-order valence-electron chi connectivity index (χ0n) is 18.7. The van der Waals surface area contributed by atoms with Crippen molar-refractivity contribution < 1.29 is 27.9 Å². The molecule has 2 N–H and O–H groups in total. The van der Waals surface area contributed by atoms with E-state index in [-0.39, 0.29) is 5.91 Å². The first-order valence-electron chi connectivity index (χ1n) is 11.3. The molecule has 1 aliphatic carbocycles. The Balaban J connectivity index is 0.000000406. The van der Waals surface area contributed by atoms with Crippen molar-refractivity contribution in [3.8, 4) is 0 Å². The highest BCUT2D eigenvalue weighted by molar-refractivity contribution is 6.03. The van der Waals surface area contributed by atoms with Crippen LogP contribution in [0.3, 0.4) is 0 Å². The Morgan fingerprint density at radius 1 is 1.06 bits per heavy atom. The summed E-state index contributed by atoms with van der Waals surface area (Å²) in [5.74, 6) is -1.23. The quantitative estimate of drug-likeness (QED) is 0.605.